The number of benzene rings is 1. The van der Waals surface area contributed by atoms with Gasteiger partial charge in [0, 0.05) is 31.3 Å². The molecule has 2 N–H and O–H groups in total. The fourth-order valence-corrected chi connectivity index (χ4v) is 3.04. The summed E-state index contributed by atoms with van der Waals surface area (Å²) in [5.41, 5.74) is 2.90. The summed E-state index contributed by atoms with van der Waals surface area (Å²) in [7, 11) is 1.94. The van der Waals surface area contributed by atoms with E-state index in [4.69, 9.17) is 0 Å². The maximum atomic E-state index is 12.4. The predicted octanol–water partition coefficient (Wildman–Crippen LogP) is 3.01. The number of hydrogen-bond donors (Lipinski definition) is 2. The van der Waals surface area contributed by atoms with E-state index in [1.54, 1.807) is 6.33 Å². The molecule has 3 aromatic rings. The Hall–Kier alpha value is -2.96. The number of nitrogens with zero attached hydrogens (tertiary/aromatic N) is 4. The molecule has 0 saturated heterocycles. The average molecular weight is 350 g/mol. The molecule has 7 nitrogen and oxygen atoms in total. The molecule has 2 heterocycles. The van der Waals surface area contributed by atoms with Gasteiger partial charge in [-0.25, -0.2) is 4.98 Å². The molecular weight excluding hydrogens is 328 g/mol. The molecule has 0 bridgehead atoms. The summed E-state index contributed by atoms with van der Waals surface area (Å²) in [6.07, 6.45) is 6.66. The van der Waals surface area contributed by atoms with Crippen LogP contribution in [0.4, 0.5) is 5.69 Å². The summed E-state index contributed by atoms with van der Waals surface area (Å²) >= 11 is 0. The van der Waals surface area contributed by atoms with E-state index in [9.17, 15) is 4.79 Å². The SMILES string of the molecule is C[C@H](Cc1nncn1C)c1cccc(NC(=O)c2nc(C3CC3)c[nH]2)c1. The van der Waals surface area contributed by atoms with E-state index in [0.717, 1.165) is 42.0 Å². The zero-order valence-electron chi connectivity index (χ0n) is 14.9. The minimum atomic E-state index is -0.213. The number of aromatic amines is 1. The van der Waals surface area contributed by atoms with E-state index in [1.807, 2.05) is 36.0 Å². The number of aromatic nitrogens is 5. The molecule has 4 rings (SSSR count). The molecule has 7 heteroatoms. The number of carbonyl (C=O) groups is 1. The third-order valence-electron chi connectivity index (χ3n) is 4.82. The van der Waals surface area contributed by atoms with Gasteiger partial charge in [-0.15, -0.1) is 10.2 Å². The van der Waals surface area contributed by atoms with Crippen molar-refractivity contribution >= 4 is 11.6 Å². The smallest absolute Gasteiger partial charge is 0.291 e. The Bertz CT molecular complexity index is 924. The Balaban J connectivity index is 1.44. The van der Waals surface area contributed by atoms with Crippen LogP contribution in [0.1, 0.15) is 59.3 Å². The van der Waals surface area contributed by atoms with Crippen LogP contribution in [0.15, 0.2) is 36.8 Å². The van der Waals surface area contributed by atoms with Gasteiger partial charge in [-0.2, -0.15) is 0 Å². The first-order chi connectivity index (χ1) is 12.6. The Labute approximate surface area is 151 Å². The van der Waals surface area contributed by atoms with Gasteiger partial charge in [-0.1, -0.05) is 19.1 Å². The number of carbonyl (C=O) groups excluding carboxylic acids is 1. The highest BCUT2D eigenvalue weighted by Crippen LogP contribution is 2.38. The van der Waals surface area contributed by atoms with Crippen molar-refractivity contribution in [2.75, 3.05) is 5.32 Å². The maximum Gasteiger partial charge on any atom is 0.291 e. The lowest BCUT2D eigenvalue weighted by molar-refractivity contribution is 0.101. The number of amides is 1. The summed E-state index contributed by atoms with van der Waals surface area (Å²) in [5.74, 6) is 1.88. The zero-order valence-corrected chi connectivity index (χ0v) is 14.9. The summed E-state index contributed by atoms with van der Waals surface area (Å²) < 4.78 is 1.93. The van der Waals surface area contributed by atoms with E-state index in [1.165, 1.54) is 0 Å². The normalized spacial score (nSPS) is 15.0. The number of rotatable bonds is 6. The highest BCUT2D eigenvalue weighted by Gasteiger charge is 2.27. The Kier molecular flexibility index (Phi) is 4.28. The lowest BCUT2D eigenvalue weighted by atomic mass is 9.97. The van der Waals surface area contributed by atoms with Crippen LogP contribution in [-0.2, 0) is 13.5 Å². The van der Waals surface area contributed by atoms with Gasteiger partial charge in [0.25, 0.3) is 5.91 Å². The molecule has 1 amide bonds. The van der Waals surface area contributed by atoms with Crippen LogP contribution in [0.25, 0.3) is 0 Å². The van der Waals surface area contributed by atoms with E-state index < -0.39 is 0 Å². The monoisotopic (exact) mass is 350 g/mol. The standard InChI is InChI=1S/C19H22N6O/c1-12(8-17-24-21-11-25(17)2)14-4-3-5-15(9-14)22-19(26)18-20-10-16(23-18)13-6-7-13/h3-5,9-13H,6-8H2,1-2H3,(H,20,23)(H,22,26)/t12-/m1/s1. The first kappa shape index (κ1) is 16.5. The Morgan fingerprint density at radius 3 is 3.00 bits per heavy atom. The van der Waals surface area contributed by atoms with E-state index in [-0.39, 0.29) is 11.8 Å². The largest absolute Gasteiger partial charge is 0.340 e. The summed E-state index contributed by atoms with van der Waals surface area (Å²) in [4.78, 5) is 19.8. The Morgan fingerprint density at radius 2 is 2.27 bits per heavy atom. The van der Waals surface area contributed by atoms with Crippen molar-refractivity contribution < 1.29 is 4.79 Å². The molecule has 1 atom stereocenters. The quantitative estimate of drug-likeness (QED) is 0.715. The molecule has 1 saturated carbocycles. The van der Waals surface area contributed by atoms with Gasteiger partial charge >= 0.3 is 0 Å². The number of hydrogen-bond acceptors (Lipinski definition) is 4. The second kappa shape index (κ2) is 6.74. The van der Waals surface area contributed by atoms with E-state index in [2.05, 4.69) is 38.5 Å². The lowest BCUT2D eigenvalue weighted by Gasteiger charge is -2.13. The second-order valence-corrected chi connectivity index (χ2v) is 6.99. The molecule has 0 radical (unpaired) electrons. The number of aryl methyl sites for hydroxylation is 1. The van der Waals surface area contributed by atoms with Gasteiger partial charge < -0.3 is 14.9 Å². The molecule has 0 aliphatic heterocycles. The maximum absolute atomic E-state index is 12.4. The number of anilines is 1. The van der Waals surface area contributed by atoms with Crippen molar-refractivity contribution in [3.8, 4) is 0 Å². The Morgan fingerprint density at radius 1 is 1.42 bits per heavy atom. The molecule has 26 heavy (non-hydrogen) atoms. The second-order valence-electron chi connectivity index (χ2n) is 6.99. The molecule has 0 spiro atoms. The minimum Gasteiger partial charge on any atom is -0.340 e. The van der Waals surface area contributed by atoms with Crippen molar-refractivity contribution in [2.45, 2.75) is 38.0 Å². The summed E-state index contributed by atoms with van der Waals surface area (Å²) in [6.45, 7) is 2.14. The highest BCUT2D eigenvalue weighted by molar-refractivity contribution is 6.01. The fourth-order valence-electron chi connectivity index (χ4n) is 3.04. The number of H-pyrrole nitrogens is 1. The average Bonchev–Trinajstić information content (AvgIpc) is 3.23. The van der Waals surface area contributed by atoms with Crippen LogP contribution in [0.3, 0.4) is 0 Å². The van der Waals surface area contributed by atoms with Gasteiger partial charge in [-0.05, 0) is 36.5 Å². The molecule has 1 aromatic carbocycles. The van der Waals surface area contributed by atoms with E-state index in [0.29, 0.717) is 11.7 Å². The van der Waals surface area contributed by atoms with Crippen LogP contribution >= 0.6 is 0 Å². The van der Waals surface area contributed by atoms with Crippen molar-refractivity contribution in [2.24, 2.45) is 7.05 Å². The van der Waals surface area contributed by atoms with Crippen molar-refractivity contribution in [3.63, 3.8) is 0 Å². The highest BCUT2D eigenvalue weighted by atomic mass is 16.2. The van der Waals surface area contributed by atoms with Gasteiger partial charge in [0.15, 0.2) is 5.82 Å². The molecule has 1 aliphatic rings. The fraction of sp³-hybridized carbons (Fsp3) is 0.368. The zero-order chi connectivity index (χ0) is 18.1. The molecule has 134 valence electrons. The van der Waals surface area contributed by atoms with Gasteiger partial charge in [0.2, 0.25) is 0 Å². The van der Waals surface area contributed by atoms with Gasteiger partial charge in [0.05, 0.1) is 5.69 Å². The van der Waals surface area contributed by atoms with Crippen LogP contribution in [0.5, 0.6) is 0 Å². The topological polar surface area (TPSA) is 88.5 Å². The molecule has 0 unspecified atom stereocenters. The predicted molar refractivity (Wildman–Crippen MR) is 98.1 cm³/mol. The van der Waals surface area contributed by atoms with Crippen molar-refractivity contribution in [3.05, 3.63) is 59.7 Å². The molecular formula is C19H22N6O. The summed E-state index contributed by atoms with van der Waals surface area (Å²) in [6, 6.07) is 7.91. The third-order valence-corrected chi connectivity index (χ3v) is 4.82. The number of nitrogens with one attached hydrogen (secondary N) is 2. The first-order valence-electron chi connectivity index (χ1n) is 8.89. The van der Waals surface area contributed by atoms with Crippen LogP contribution in [-0.4, -0.2) is 30.6 Å². The number of imidazole rings is 1. The van der Waals surface area contributed by atoms with Crippen molar-refractivity contribution in [1.29, 1.82) is 0 Å². The first-order valence-corrected chi connectivity index (χ1v) is 8.89. The lowest BCUT2D eigenvalue weighted by Crippen LogP contribution is -2.14. The van der Waals surface area contributed by atoms with Gasteiger partial charge in [0.1, 0.15) is 12.2 Å². The van der Waals surface area contributed by atoms with Gasteiger partial charge in [-0.3, -0.25) is 4.79 Å². The van der Waals surface area contributed by atoms with Crippen LogP contribution in [0.2, 0.25) is 0 Å². The minimum absolute atomic E-state index is 0.213. The molecule has 1 fully saturated rings. The third kappa shape index (κ3) is 3.51. The van der Waals surface area contributed by atoms with Crippen LogP contribution in [0, 0.1) is 0 Å². The summed E-state index contributed by atoms with van der Waals surface area (Å²) in [5, 5.41) is 11.0. The van der Waals surface area contributed by atoms with Crippen LogP contribution < -0.4 is 5.32 Å². The van der Waals surface area contributed by atoms with Crippen molar-refractivity contribution in [1.82, 2.24) is 24.7 Å². The molecule has 1 aliphatic carbocycles. The molecule has 2 aromatic heterocycles. The van der Waals surface area contributed by atoms with E-state index >= 15 is 0 Å².